The number of aromatic amines is 1. The van der Waals surface area contributed by atoms with Crippen LogP contribution in [0.15, 0.2) is 12.5 Å². The van der Waals surface area contributed by atoms with Crippen molar-refractivity contribution in [2.75, 3.05) is 12.0 Å². The number of imidazole rings is 1. The molecular formula is C20H30N6O9S. The zero-order chi connectivity index (χ0) is 27.3. The normalized spacial score (nSPS) is 14.1. The Morgan fingerprint density at radius 2 is 1.56 bits per heavy atom. The van der Waals surface area contributed by atoms with Crippen LogP contribution in [0.1, 0.15) is 31.4 Å². The Morgan fingerprint density at radius 3 is 2.08 bits per heavy atom. The molecule has 200 valence electrons. The second kappa shape index (κ2) is 15.4. The molecule has 0 saturated carbocycles. The number of nitrogens with two attached hydrogens (primary N) is 1. The lowest BCUT2D eigenvalue weighted by Gasteiger charge is -2.24. The summed E-state index contributed by atoms with van der Waals surface area (Å²) in [5.41, 5.74) is 6.08. The number of hydrogen-bond donors (Lipinski definition) is 8. The van der Waals surface area contributed by atoms with Gasteiger partial charge in [-0.25, -0.2) is 9.78 Å². The van der Waals surface area contributed by atoms with Gasteiger partial charge in [-0.1, -0.05) is 0 Å². The fourth-order valence-electron chi connectivity index (χ4n) is 2.94. The number of nitrogens with zero attached hydrogens (tertiary/aromatic N) is 1. The van der Waals surface area contributed by atoms with E-state index in [0.29, 0.717) is 11.4 Å². The minimum absolute atomic E-state index is 0.101. The van der Waals surface area contributed by atoms with E-state index in [1.54, 1.807) is 6.26 Å². The number of carboxylic acids is 3. The number of H-pyrrole nitrogens is 1. The molecule has 0 spiro atoms. The fourth-order valence-corrected chi connectivity index (χ4v) is 3.41. The van der Waals surface area contributed by atoms with Crippen LogP contribution in [-0.2, 0) is 35.2 Å². The van der Waals surface area contributed by atoms with Crippen LogP contribution >= 0.6 is 11.8 Å². The summed E-state index contributed by atoms with van der Waals surface area (Å²) < 4.78 is 0. The molecule has 16 heteroatoms. The molecule has 4 atom stereocenters. The lowest BCUT2D eigenvalue weighted by molar-refractivity contribution is -0.143. The molecule has 0 aromatic carbocycles. The molecule has 0 radical (unpaired) electrons. The van der Waals surface area contributed by atoms with Crippen molar-refractivity contribution in [3.05, 3.63) is 18.2 Å². The molecule has 0 aliphatic carbocycles. The van der Waals surface area contributed by atoms with Gasteiger partial charge < -0.3 is 42.0 Å². The number of carbonyl (C=O) groups is 6. The molecule has 0 bridgehead atoms. The lowest BCUT2D eigenvalue weighted by atomic mass is 10.1. The number of carbonyl (C=O) groups excluding carboxylic acids is 3. The summed E-state index contributed by atoms with van der Waals surface area (Å²) in [7, 11) is 0. The second-order valence-corrected chi connectivity index (χ2v) is 8.71. The molecule has 4 unspecified atom stereocenters. The Balaban J connectivity index is 2.94. The van der Waals surface area contributed by atoms with Crippen LogP contribution in [0.2, 0.25) is 0 Å². The molecule has 1 aromatic rings. The summed E-state index contributed by atoms with van der Waals surface area (Å²) in [4.78, 5) is 78.0. The molecule has 1 heterocycles. The number of nitrogens with one attached hydrogen (secondary N) is 4. The van der Waals surface area contributed by atoms with Crippen LogP contribution in [0.25, 0.3) is 0 Å². The number of amides is 3. The van der Waals surface area contributed by atoms with Gasteiger partial charge in [0, 0.05) is 24.7 Å². The van der Waals surface area contributed by atoms with Gasteiger partial charge in [-0.3, -0.25) is 24.0 Å². The van der Waals surface area contributed by atoms with Crippen LogP contribution < -0.4 is 21.7 Å². The number of carboxylic acid groups (broad SMARTS) is 3. The van der Waals surface area contributed by atoms with Crippen molar-refractivity contribution in [2.45, 2.75) is 56.3 Å². The minimum atomic E-state index is -1.65. The number of aromatic nitrogens is 2. The maximum absolute atomic E-state index is 12.9. The van der Waals surface area contributed by atoms with E-state index in [2.05, 4.69) is 25.9 Å². The summed E-state index contributed by atoms with van der Waals surface area (Å²) in [6.07, 6.45) is 2.98. The smallest absolute Gasteiger partial charge is 0.326 e. The van der Waals surface area contributed by atoms with E-state index in [1.165, 1.54) is 24.3 Å². The third-order valence-corrected chi connectivity index (χ3v) is 5.50. The van der Waals surface area contributed by atoms with Gasteiger partial charge >= 0.3 is 17.9 Å². The van der Waals surface area contributed by atoms with E-state index in [9.17, 15) is 39.0 Å². The predicted molar refractivity (Wildman–Crippen MR) is 126 cm³/mol. The summed E-state index contributed by atoms with van der Waals surface area (Å²) in [6, 6.07) is -5.49. The van der Waals surface area contributed by atoms with Crippen LogP contribution in [0, 0.1) is 0 Å². The molecule has 1 aromatic heterocycles. The Hall–Kier alpha value is -3.66. The average molecular weight is 531 g/mol. The molecule has 0 aliphatic rings. The van der Waals surface area contributed by atoms with E-state index >= 15 is 0 Å². The maximum Gasteiger partial charge on any atom is 0.326 e. The molecule has 0 aliphatic heterocycles. The standard InChI is InChI=1S/C20H30N6O9S/c1-36-5-4-12(24-17(31)11(21)2-3-15(27)28)18(32)25-13(7-16(29)30)19(33)26-14(20(34)35)6-10-8-22-9-23-10/h8-9,11-14H,2-7,21H2,1H3,(H,22,23)(H,24,31)(H,25,32)(H,26,33)(H,27,28)(H,29,30)(H,34,35). The highest BCUT2D eigenvalue weighted by Gasteiger charge is 2.31. The molecule has 15 nitrogen and oxygen atoms in total. The highest BCUT2D eigenvalue weighted by atomic mass is 32.2. The van der Waals surface area contributed by atoms with Gasteiger partial charge in [0.15, 0.2) is 0 Å². The van der Waals surface area contributed by atoms with Crippen LogP contribution in [0.3, 0.4) is 0 Å². The molecule has 0 fully saturated rings. The Labute approximate surface area is 210 Å². The SMILES string of the molecule is CSCCC(NC(=O)C(N)CCC(=O)O)C(=O)NC(CC(=O)O)C(=O)NC(Cc1cnc[nH]1)C(=O)O. The van der Waals surface area contributed by atoms with E-state index in [-0.39, 0.29) is 25.7 Å². The minimum Gasteiger partial charge on any atom is -0.481 e. The van der Waals surface area contributed by atoms with E-state index in [4.69, 9.17) is 10.8 Å². The Bertz CT molecular complexity index is 927. The fraction of sp³-hybridized carbons (Fsp3) is 0.550. The first-order chi connectivity index (χ1) is 16.9. The first-order valence-corrected chi connectivity index (χ1v) is 12.1. The zero-order valence-corrected chi connectivity index (χ0v) is 20.2. The van der Waals surface area contributed by atoms with Gasteiger partial charge in [0.05, 0.1) is 18.8 Å². The largest absolute Gasteiger partial charge is 0.481 e. The third kappa shape index (κ3) is 11.2. The highest BCUT2D eigenvalue weighted by Crippen LogP contribution is 2.06. The van der Waals surface area contributed by atoms with Gasteiger partial charge in [0.1, 0.15) is 18.1 Å². The Kier molecular flexibility index (Phi) is 13.0. The van der Waals surface area contributed by atoms with E-state index in [0.717, 1.165) is 0 Å². The number of rotatable bonds is 17. The van der Waals surface area contributed by atoms with Crippen molar-refractivity contribution in [2.24, 2.45) is 5.73 Å². The van der Waals surface area contributed by atoms with Gasteiger partial charge in [0.25, 0.3) is 0 Å². The lowest BCUT2D eigenvalue weighted by Crippen LogP contribution is -2.57. The maximum atomic E-state index is 12.9. The van der Waals surface area contributed by atoms with Crippen molar-refractivity contribution < 1.29 is 44.1 Å². The van der Waals surface area contributed by atoms with Crippen LogP contribution in [0.5, 0.6) is 0 Å². The quantitative estimate of drug-likeness (QED) is 0.108. The zero-order valence-electron chi connectivity index (χ0n) is 19.4. The van der Waals surface area contributed by atoms with Crippen molar-refractivity contribution >= 4 is 47.4 Å². The van der Waals surface area contributed by atoms with Crippen molar-refractivity contribution in [3.63, 3.8) is 0 Å². The molecule has 1 rings (SSSR count). The summed E-state index contributed by atoms with van der Waals surface area (Å²) in [5.74, 6) is -6.29. The molecular weight excluding hydrogens is 500 g/mol. The highest BCUT2D eigenvalue weighted by molar-refractivity contribution is 7.98. The number of aliphatic carboxylic acids is 3. The monoisotopic (exact) mass is 530 g/mol. The van der Waals surface area contributed by atoms with Crippen LogP contribution in [-0.4, -0.2) is 97.1 Å². The molecule has 36 heavy (non-hydrogen) atoms. The summed E-state index contributed by atoms with van der Waals surface area (Å²) >= 11 is 1.36. The molecule has 0 saturated heterocycles. The third-order valence-electron chi connectivity index (χ3n) is 4.85. The molecule has 3 amide bonds. The van der Waals surface area contributed by atoms with E-state index < -0.39 is 66.2 Å². The van der Waals surface area contributed by atoms with Crippen molar-refractivity contribution in [3.8, 4) is 0 Å². The summed E-state index contributed by atoms with van der Waals surface area (Å²) in [5, 5.41) is 34.2. The topological polar surface area (TPSA) is 254 Å². The first kappa shape index (κ1) is 30.4. The first-order valence-electron chi connectivity index (χ1n) is 10.7. The van der Waals surface area contributed by atoms with Gasteiger partial charge in [-0.05, 0) is 24.9 Å². The van der Waals surface area contributed by atoms with Gasteiger partial charge in [-0.15, -0.1) is 0 Å². The van der Waals surface area contributed by atoms with E-state index in [1.807, 2.05) is 0 Å². The van der Waals surface area contributed by atoms with Gasteiger partial charge in [0.2, 0.25) is 17.7 Å². The Morgan fingerprint density at radius 1 is 0.944 bits per heavy atom. The number of hydrogen-bond acceptors (Lipinski definition) is 9. The molecule has 9 N–H and O–H groups in total. The predicted octanol–water partition coefficient (Wildman–Crippen LogP) is -2.09. The van der Waals surface area contributed by atoms with Crippen LogP contribution in [0.4, 0.5) is 0 Å². The number of thioether (sulfide) groups is 1. The van der Waals surface area contributed by atoms with Crippen molar-refractivity contribution in [1.29, 1.82) is 0 Å². The van der Waals surface area contributed by atoms with Crippen molar-refractivity contribution in [1.82, 2.24) is 25.9 Å². The second-order valence-electron chi connectivity index (χ2n) is 7.72. The average Bonchev–Trinajstić information content (AvgIpc) is 3.31. The van der Waals surface area contributed by atoms with Gasteiger partial charge in [-0.2, -0.15) is 11.8 Å². The summed E-state index contributed by atoms with van der Waals surface area (Å²) in [6.45, 7) is 0.